The number of hydrogen-bond donors (Lipinski definition) is 2. The summed E-state index contributed by atoms with van der Waals surface area (Å²) in [6, 6.07) is 6.60. The predicted molar refractivity (Wildman–Crippen MR) is 125 cm³/mol. The Labute approximate surface area is 206 Å². The molecular weight excluding hydrogens is 495 g/mol. The summed E-state index contributed by atoms with van der Waals surface area (Å²) in [5.74, 6) is -3.28. The van der Waals surface area contributed by atoms with Gasteiger partial charge in [-0.15, -0.1) is 0 Å². The van der Waals surface area contributed by atoms with Crippen LogP contribution in [-0.4, -0.2) is 53.4 Å². The molecule has 2 aliphatic rings. The summed E-state index contributed by atoms with van der Waals surface area (Å²) < 4.78 is 69.2. The molecule has 0 aliphatic carbocycles. The Balaban J connectivity index is 1.39. The van der Waals surface area contributed by atoms with Crippen LogP contribution in [0.2, 0.25) is 0 Å². The lowest BCUT2D eigenvalue weighted by molar-refractivity contribution is 0.102. The summed E-state index contributed by atoms with van der Waals surface area (Å²) >= 11 is 0. The topological polar surface area (TPSA) is 98.4 Å². The van der Waals surface area contributed by atoms with Crippen molar-refractivity contribution in [1.29, 1.82) is 0 Å². The van der Waals surface area contributed by atoms with Gasteiger partial charge in [-0.1, -0.05) is 12.1 Å². The van der Waals surface area contributed by atoms with Crippen LogP contribution in [0, 0.1) is 17.5 Å². The first-order valence-corrected chi connectivity index (χ1v) is 13.0. The summed E-state index contributed by atoms with van der Waals surface area (Å²) in [4.78, 5) is 14.8. The molecule has 1 amide bonds. The van der Waals surface area contributed by atoms with Gasteiger partial charge >= 0.3 is 0 Å². The van der Waals surface area contributed by atoms with Crippen molar-refractivity contribution in [2.24, 2.45) is 0 Å². The van der Waals surface area contributed by atoms with Crippen molar-refractivity contribution in [2.75, 3.05) is 25.0 Å². The molecule has 1 aromatic heterocycles. The number of likely N-dealkylation sites (tertiary alicyclic amines) is 1. The number of amides is 1. The zero-order valence-electron chi connectivity index (χ0n) is 19.2. The van der Waals surface area contributed by atoms with Gasteiger partial charge in [-0.05, 0) is 49.7 Å². The number of halogens is 3. The highest BCUT2D eigenvalue weighted by atomic mass is 32.2. The summed E-state index contributed by atoms with van der Waals surface area (Å²) in [5.41, 5.74) is 1.49. The van der Waals surface area contributed by atoms with Crippen LogP contribution < -0.4 is 5.32 Å². The number of anilines is 1. The molecule has 0 radical (unpaired) electrons. The molecular formula is C24H24F3N5O3S. The third-order valence-corrected chi connectivity index (χ3v) is 8.35. The van der Waals surface area contributed by atoms with Crippen LogP contribution in [0.15, 0.2) is 41.3 Å². The van der Waals surface area contributed by atoms with Crippen molar-refractivity contribution in [3.8, 4) is 0 Å². The summed E-state index contributed by atoms with van der Waals surface area (Å²) in [5, 5.41) is 9.53. The molecule has 1 fully saturated rings. The third-order valence-electron chi connectivity index (χ3n) is 6.52. The third kappa shape index (κ3) is 4.75. The highest BCUT2D eigenvalue weighted by molar-refractivity contribution is 7.89. The molecule has 1 saturated heterocycles. The average molecular weight is 520 g/mol. The fourth-order valence-corrected chi connectivity index (χ4v) is 6.16. The van der Waals surface area contributed by atoms with E-state index in [1.54, 1.807) is 12.1 Å². The number of aromatic amines is 1. The minimum atomic E-state index is -4.22. The zero-order chi connectivity index (χ0) is 25.4. The van der Waals surface area contributed by atoms with Crippen molar-refractivity contribution in [1.82, 2.24) is 19.4 Å². The quantitative estimate of drug-likeness (QED) is 0.520. The Morgan fingerprint density at radius 1 is 1.06 bits per heavy atom. The smallest absolute Gasteiger partial charge is 0.260 e. The molecule has 36 heavy (non-hydrogen) atoms. The molecule has 0 saturated carbocycles. The van der Waals surface area contributed by atoms with Crippen LogP contribution >= 0.6 is 0 Å². The first-order chi connectivity index (χ1) is 17.2. The molecule has 0 bridgehead atoms. The summed E-state index contributed by atoms with van der Waals surface area (Å²) in [7, 11) is -4.22. The number of hydrogen-bond acceptors (Lipinski definition) is 5. The van der Waals surface area contributed by atoms with E-state index in [9.17, 15) is 26.4 Å². The van der Waals surface area contributed by atoms with Gasteiger partial charge in [0.1, 0.15) is 17.5 Å². The number of carbonyl (C=O) groups is 1. The molecule has 2 N–H and O–H groups in total. The number of nitrogens with one attached hydrogen (secondary N) is 2. The second-order valence-corrected chi connectivity index (χ2v) is 10.9. The molecule has 5 rings (SSSR count). The number of aromatic nitrogens is 2. The Hall–Kier alpha value is -3.22. The Kier molecular flexibility index (Phi) is 6.58. The molecule has 0 unspecified atom stereocenters. The van der Waals surface area contributed by atoms with Crippen LogP contribution in [0.1, 0.15) is 40.0 Å². The molecule has 2 aromatic carbocycles. The van der Waals surface area contributed by atoms with E-state index in [2.05, 4.69) is 20.4 Å². The van der Waals surface area contributed by atoms with Crippen molar-refractivity contribution < 1.29 is 26.4 Å². The van der Waals surface area contributed by atoms with Gasteiger partial charge in [0.25, 0.3) is 5.91 Å². The first kappa shape index (κ1) is 24.5. The number of nitrogens with zero attached hydrogens (tertiary/aromatic N) is 3. The second kappa shape index (κ2) is 9.68. The number of fused-ring (bicyclic) bond motifs is 1. The number of carbonyl (C=O) groups excluding carboxylic acids is 1. The van der Waals surface area contributed by atoms with Crippen LogP contribution in [0.3, 0.4) is 0 Å². The highest BCUT2D eigenvalue weighted by Gasteiger charge is 2.32. The van der Waals surface area contributed by atoms with E-state index in [1.165, 1.54) is 6.07 Å². The maximum absolute atomic E-state index is 14.8. The molecule has 3 heterocycles. The molecule has 0 atom stereocenters. The van der Waals surface area contributed by atoms with Gasteiger partial charge in [0.2, 0.25) is 10.0 Å². The van der Waals surface area contributed by atoms with Crippen molar-refractivity contribution in [3.63, 3.8) is 0 Å². The average Bonchev–Trinajstić information content (AvgIpc) is 3.48. The van der Waals surface area contributed by atoms with E-state index in [0.29, 0.717) is 29.4 Å². The van der Waals surface area contributed by atoms with Gasteiger partial charge in [-0.25, -0.2) is 21.6 Å². The van der Waals surface area contributed by atoms with Crippen molar-refractivity contribution >= 4 is 21.7 Å². The Bertz CT molecular complexity index is 1400. The van der Waals surface area contributed by atoms with Crippen molar-refractivity contribution in [2.45, 2.75) is 37.2 Å². The number of rotatable bonds is 6. The fraction of sp³-hybridized carbons (Fsp3) is 0.333. The molecule has 0 spiro atoms. The van der Waals surface area contributed by atoms with Gasteiger partial charge in [-0.2, -0.15) is 9.40 Å². The normalized spacial score (nSPS) is 16.8. The monoisotopic (exact) mass is 519 g/mol. The second-order valence-electron chi connectivity index (χ2n) is 8.93. The molecule has 8 nitrogen and oxygen atoms in total. The van der Waals surface area contributed by atoms with Gasteiger partial charge in [0.15, 0.2) is 5.82 Å². The lowest BCUT2D eigenvalue weighted by Gasteiger charge is -2.26. The number of benzene rings is 2. The van der Waals surface area contributed by atoms with Crippen LogP contribution in [0.4, 0.5) is 19.0 Å². The van der Waals surface area contributed by atoms with Crippen molar-refractivity contribution in [3.05, 3.63) is 76.2 Å². The van der Waals surface area contributed by atoms with Crippen LogP contribution in [0.25, 0.3) is 0 Å². The van der Waals surface area contributed by atoms with E-state index < -0.39 is 38.3 Å². The van der Waals surface area contributed by atoms with E-state index >= 15 is 0 Å². The predicted octanol–water partition coefficient (Wildman–Crippen LogP) is 3.42. The van der Waals surface area contributed by atoms with Gasteiger partial charge < -0.3 is 5.32 Å². The summed E-state index contributed by atoms with van der Waals surface area (Å²) in [6.45, 7) is 2.07. The number of H-pyrrole nitrogens is 1. The molecule has 190 valence electrons. The Morgan fingerprint density at radius 2 is 1.78 bits per heavy atom. The van der Waals surface area contributed by atoms with E-state index in [1.807, 2.05) is 0 Å². The van der Waals surface area contributed by atoms with Crippen LogP contribution in [-0.2, 0) is 29.5 Å². The zero-order valence-corrected chi connectivity index (χ0v) is 20.0. The largest absolute Gasteiger partial charge is 0.305 e. The number of sulfonamides is 1. The maximum Gasteiger partial charge on any atom is 0.260 e. The minimum absolute atomic E-state index is 0.0519. The first-order valence-electron chi connectivity index (χ1n) is 11.6. The van der Waals surface area contributed by atoms with Gasteiger partial charge in [-0.3, -0.25) is 14.8 Å². The summed E-state index contributed by atoms with van der Waals surface area (Å²) in [6.07, 6.45) is 2.35. The lowest BCUT2D eigenvalue weighted by atomic mass is 10.0. The fourth-order valence-electron chi connectivity index (χ4n) is 4.71. The SMILES string of the molecule is O=C(Nc1n[nH]c2c1CN(S(=O)(=O)c1cc(F)cc(F)c1)CC2)c1c(F)cccc1CN1CCCC1. The van der Waals surface area contributed by atoms with Crippen LogP contribution in [0.5, 0.6) is 0 Å². The molecule has 2 aliphatic heterocycles. The van der Waals surface area contributed by atoms with Gasteiger partial charge in [0, 0.05) is 43.4 Å². The van der Waals surface area contributed by atoms with E-state index in [0.717, 1.165) is 42.4 Å². The molecule has 12 heteroatoms. The lowest BCUT2D eigenvalue weighted by Crippen LogP contribution is -2.36. The standard InChI is InChI=1S/C24H24F3N5O3S/c25-16-10-17(26)12-18(11-16)36(34,35)32-9-6-21-19(14-32)23(30-29-21)28-24(33)22-15(4-3-5-20(22)27)13-31-7-1-2-8-31/h3-5,10-12H,1-2,6-9,13-14H2,(H2,28,29,30,33). The molecule has 3 aromatic rings. The highest BCUT2D eigenvalue weighted by Crippen LogP contribution is 2.29. The van der Waals surface area contributed by atoms with Gasteiger partial charge in [0.05, 0.1) is 10.5 Å². The minimum Gasteiger partial charge on any atom is -0.305 e. The van der Waals surface area contributed by atoms with E-state index in [4.69, 9.17) is 0 Å². The Morgan fingerprint density at radius 3 is 2.50 bits per heavy atom. The maximum atomic E-state index is 14.8. The van der Waals surface area contributed by atoms with E-state index in [-0.39, 0.29) is 30.9 Å².